The van der Waals surface area contributed by atoms with Crippen LogP contribution in [0.3, 0.4) is 0 Å². The molecule has 0 aliphatic heterocycles. The molecular weight excluding hydrogens is 253 g/mol. The summed E-state index contributed by atoms with van der Waals surface area (Å²) in [5.74, 6) is 0. The van der Waals surface area contributed by atoms with E-state index in [-0.39, 0.29) is 0 Å². The van der Waals surface area contributed by atoms with Crippen LogP contribution in [0.5, 0.6) is 0 Å². The first-order valence-electron chi connectivity index (χ1n) is 6.82. The summed E-state index contributed by atoms with van der Waals surface area (Å²) in [7, 11) is 0. The Morgan fingerprint density at radius 3 is 1.70 bits per heavy atom. The molecule has 0 aliphatic rings. The maximum Gasteiger partial charge on any atom is 0.117 e. The number of nitrogens with zero attached hydrogens (tertiary/aromatic N) is 1. The van der Waals surface area contributed by atoms with Crippen LogP contribution >= 0.6 is 0 Å². The topological polar surface area (TPSA) is 23.5 Å². The summed E-state index contributed by atoms with van der Waals surface area (Å²) in [4.78, 5) is 2.06. The zero-order valence-electron chi connectivity index (χ0n) is 11.5. The molecule has 2 aromatic rings. The van der Waals surface area contributed by atoms with Gasteiger partial charge in [0.2, 0.25) is 0 Å². The van der Waals surface area contributed by atoms with E-state index in [1.165, 1.54) is 0 Å². The summed E-state index contributed by atoms with van der Waals surface area (Å²) in [5.41, 5.74) is 2.32. The molecule has 0 amide bonds. The predicted octanol–water partition coefficient (Wildman–Crippen LogP) is 3.02. The van der Waals surface area contributed by atoms with Crippen LogP contribution in [0.2, 0.25) is 0 Å². The van der Waals surface area contributed by atoms with Gasteiger partial charge in [0, 0.05) is 19.6 Å². The monoisotopic (exact) mass is 273 g/mol. The SMILES string of the molecule is OC(CF)CN(Cc1ccccc1)Cc1ccccc1. The lowest BCUT2D eigenvalue weighted by Gasteiger charge is -2.24. The van der Waals surface area contributed by atoms with Crippen LogP contribution < -0.4 is 0 Å². The van der Waals surface area contributed by atoms with Gasteiger partial charge in [-0.15, -0.1) is 0 Å². The molecule has 0 bridgehead atoms. The molecule has 0 heterocycles. The van der Waals surface area contributed by atoms with Gasteiger partial charge in [-0.05, 0) is 11.1 Å². The highest BCUT2D eigenvalue weighted by molar-refractivity contribution is 5.17. The molecule has 0 aromatic heterocycles. The summed E-state index contributed by atoms with van der Waals surface area (Å²) in [6.45, 7) is 1.03. The Kier molecular flexibility index (Phi) is 5.71. The van der Waals surface area contributed by atoms with E-state index < -0.39 is 12.8 Å². The van der Waals surface area contributed by atoms with E-state index in [0.29, 0.717) is 19.6 Å². The van der Waals surface area contributed by atoms with E-state index in [0.717, 1.165) is 11.1 Å². The van der Waals surface area contributed by atoms with Crippen molar-refractivity contribution >= 4 is 0 Å². The Balaban J connectivity index is 2.04. The second kappa shape index (κ2) is 7.78. The van der Waals surface area contributed by atoms with Crippen molar-refractivity contribution in [2.24, 2.45) is 0 Å². The van der Waals surface area contributed by atoms with Gasteiger partial charge in [0.05, 0.1) is 6.10 Å². The van der Waals surface area contributed by atoms with Gasteiger partial charge in [0.15, 0.2) is 0 Å². The minimum absolute atomic E-state index is 0.334. The molecule has 20 heavy (non-hydrogen) atoms. The molecule has 1 N–H and O–H groups in total. The average Bonchev–Trinajstić information content (AvgIpc) is 2.49. The number of benzene rings is 2. The van der Waals surface area contributed by atoms with Crippen LogP contribution in [0.25, 0.3) is 0 Å². The number of alkyl halides is 1. The number of hydrogen-bond acceptors (Lipinski definition) is 2. The lowest BCUT2D eigenvalue weighted by atomic mass is 10.1. The van der Waals surface area contributed by atoms with Crippen molar-refractivity contribution in [3.8, 4) is 0 Å². The number of hydrogen-bond donors (Lipinski definition) is 1. The summed E-state index contributed by atoms with van der Waals surface area (Å²) >= 11 is 0. The fourth-order valence-electron chi connectivity index (χ4n) is 2.22. The van der Waals surface area contributed by atoms with E-state index in [1.807, 2.05) is 60.7 Å². The van der Waals surface area contributed by atoms with E-state index >= 15 is 0 Å². The Labute approximate surface area is 119 Å². The summed E-state index contributed by atoms with van der Waals surface area (Å²) in [6.07, 6.45) is -0.928. The van der Waals surface area contributed by atoms with E-state index in [4.69, 9.17) is 0 Å². The van der Waals surface area contributed by atoms with Crippen LogP contribution in [-0.4, -0.2) is 29.3 Å². The highest BCUT2D eigenvalue weighted by atomic mass is 19.1. The molecule has 1 atom stereocenters. The van der Waals surface area contributed by atoms with Crippen molar-refractivity contribution in [3.05, 3.63) is 71.8 Å². The molecule has 0 radical (unpaired) electrons. The highest BCUT2D eigenvalue weighted by Crippen LogP contribution is 2.10. The summed E-state index contributed by atoms with van der Waals surface area (Å²) < 4.78 is 12.5. The normalized spacial score (nSPS) is 12.6. The van der Waals surface area contributed by atoms with Gasteiger partial charge >= 0.3 is 0 Å². The van der Waals surface area contributed by atoms with Gasteiger partial charge in [0.1, 0.15) is 6.67 Å². The number of halogens is 1. The standard InChI is InChI=1S/C17H20FNO/c18-11-17(20)14-19(12-15-7-3-1-4-8-15)13-16-9-5-2-6-10-16/h1-10,17,20H,11-14H2. The minimum atomic E-state index is -0.928. The molecule has 0 saturated carbocycles. The van der Waals surface area contributed by atoms with Crippen molar-refractivity contribution in [1.29, 1.82) is 0 Å². The quantitative estimate of drug-likeness (QED) is 0.838. The van der Waals surface area contributed by atoms with Crippen molar-refractivity contribution < 1.29 is 9.50 Å². The molecule has 0 fully saturated rings. The number of aliphatic hydroxyl groups excluding tert-OH is 1. The van der Waals surface area contributed by atoms with Crippen LogP contribution in [0.1, 0.15) is 11.1 Å². The molecule has 0 aliphatic carbocycles. The van der Waals surface area contributed by atoms with Crippen molar-refractivity contribution in [2.45, 2.75) is 19.2 Å². The fourth-order valence-corrected chi connectivity index (χ4v) is 2.22. The second-order valence-corrected chi connectivity index (χ2v) is 4.95. The van der Waals surface area contributed by atoms with Crippen molar-refractivity contribution in [1.82, 2.24) is 4.90 Å². The van der Waals surface area contributed by atoms with Gasteiger partial charge < -0.3 is 5.11 Å². The van der Waals surface area contributed by atoms with Crippen molar-refractivity contribution in [2.75, 3.05) is 13.2 Å². The van der Waals surface area contributed by atoms with Gasteiger partial charge in [0.25, 0.3) is 0 Å². The minimum Gasteiger partial charge on any atom is -0.389 e. The predicted molar refractivity (Wildman–Crippen MR) is 79.0 cm³/mol. The van der Waals surface area contributed by atoms with Crippen molar-refractivity contribution in [3.63, 3.8) is 0 Å². The molecule has 106 valence electrons. The maximum absolute atomic E-state index is 12.5. The second-order valence-electron chi connectivity index (χ2n) is 4.95. The first-order chi connectivity index (χ1) is 9.78. The molecule has 2 aromatic carbocycles. The average molecular weight is 273 g/mol. The molecular formula is C17H20FNO. The van der Waals surface area contributed by atoms with Crippen LogP contribution in [0, 0.1) is 0 Å². The van der Waals surface area contributed by atoms with E-state index in [1.54, 1.807) is 0 Å². The molecule has 3 heteroatoms. The van der Waals surface area contributed by atoms with Crippen LogP contribution in [-0.2, 0) is 13.1 Å². The third-order valence-corrected chi connectivity index (χ3v) is 3.15. The first-order valence-corrected chi connectivity index (χ1v) is 6.82. The van der Waals surface area contributed by atoms with Crippen LogP contribution in [0.4, 0.5) is 4.39 Å². The lowest BCUT2D eigenvalue weighted by Crippen LogP contribution is -2.32. The molecule has 2 rings (SSSR count). The Bertz CT molecular complexity index is 447. The first kappa shape index (κ1) is 14.7. The van der Waals surface area contributed by atoms with Gasteiger partial charge in [-0.2, -0.15) is 0 Å². The van der Waals surface area contributed by atoms with Crippen LogP contribution in [0.15, 0.2) is 60.7 Å². The lowest BCUT2D eigenvalue weighted by molar-refractivity contribution is 0.0831. The largest absolute Gasteiger partial charge is 0.389 e. The molecule has 1 unspecified atom stereocenters. The maximum atomic E-state index is 12.5. The van der Waals surface area contributed by atoms with E-state index in [2.05, 4.69) is 4.90 Å². The Hall–Kier alpha value is -1.71. The Morgan fingerprint density at radius 2 is 1.30 bits per heavy atom. The van der Waals surface area contributed by atoms with Gasteiger partial charge in [-0.25, -0.2) is 4.39 Å². The smallest absolute Gasteiger partial charge is 0.117 e. The van der Waals surface area contributed by atoms with E-state index in [9.17, 15) is 9.50 Å². The zero-order chi connectivity index (χ0) is 14.2. The third kappa shape index (κ3) is 4.76. The summed E-state index contributed by atoms with van der Waals surface area (Å²) in [6, 6.07) is 20.1. The fraction of sp³-hybridized carbons (Fsp3) is 0.294. The zero-order valence-corrected chi connectivity index (χ0v) is 11.5. The highest BCUT2D eigenvalue weighted by Gasteiger charge is 2.12. The van der Waals surface area contributed by atoms with Gasteiger partial charge in [-0.3, -0.25) is 4.90 Å². The summed E-state index contributed by atoms with van der Waals surface area (Å²) in [5, 5.41) is 9.57. The number of rotatable bonds is 7. The molecule has 2 nitrogen and oxygen atoms in total. The van der Waals surface area contributed by atoms with Gasteiger partial charge in [-0.1, -0.05) is 60.7 Å². The molecule has 0 saturated heterocycles. The number of aliphatic hydroxyl groups is 1. The Morgan fingerprint density at radius 1 is 0.850 bits per heavy atom. The molecule has 0 spiro atoms. The third-order valence-electron chi connectivity index (χ3n) is 3.15.